The molecule has 1 aromatic heterocycles. The van der Waals surface area contributed by atoms with Gasteiger partial charge >= 0.3 is 0 Å². The van der Waals surface area contributed by atoms with E-state index >= 15 is 0 Å². The molecule has 4 nitrogen and oxygen atoms in total. The molecule has 112 valence electrons. The Bertz CT molecular complexity index is 741. The summed E-state index contributed by atoms with van der Waals surface area (Å²) in [6.07, 6.45) is 2.04. The van der Waals surface area contributed by atoms with E-state index in [0.29, 0.717) is 18.6 Å². The number of carbonyl (C=O) groups is 1. The summed E-state index contributed by atoms with van der Waals surface area (Å²) in [7, 11) is 0. The minimum atomic E-state index is 0.310. The van der Waals surface area contributed by atoms with Crippen molar-refractivity contribution in [1.82, 2.24) is 9.97 Å². The van der Waals surface area contributed by atoms with Crippen molar-refractivity contribution in [3.8, 4) is 0 Å². The van der Waals surface area contributed by atoms with E-state index in [2.05, 4.69) is 15.3 Å². The zero-order valence-corrected chi connectivity index (χ0v) is 12.6. The van der Waals surface area contributed by atoms with Crippen molar-refractivity contribution in [2.45, 2.75) is 26.2 Å². The molecule has 0 aliphatic rings. The molecule has 0 radical (unpaired) electrons. The first-order valence-electron chi connectivity index (χ1n) is 7.57. The number of aryl methyl sites for hydroxylation is 1. The molecule has 0 saturated heterocycles. The Morgan fingerprint density at radius 1 is 1.14 bits per heavy atom. The Kier molecular flexibility index (Phi) is 4.19. The zero-order chi connectivity index (χ0) is 15.4. The second kappa shape index (κ2) is 6.43. The van der Waals surface area contributed by atoms with Gasteiger partial charge in [-0.15, -0.1) is 0 Å². The van der Waals surface area contributed by atoms with Crippen molar-refractivity contribution in [2.24, 2.45) is 0 Å². The summed E-state index contributed by atoms with van der Waals surface area (Å²) in [6.45, 7) is 1.91. The van der Waals surface area contributed by atoms with Gasteiger partial charge in [0.05, 0.1) is 11.0 Å². The predicted octanol–water partition coefficient (Wildman–Crippen LogP) is 4.22. The van der Waals surface area contributed by atoms with Gasteiger partial charge in [-0.1, -0.05) is 31.2 Å². The molecule has 0 amide bonds. The molecule has 3 rings (SSSR count). The topological polar surface area (TPSA) is 57.8 Å². The molecule has 0 saturated carbocycles. The molecule has 0 unspecified atom stereocenters. The maximum Gasteiger partial charge on any atom is 0.205 e. The number of aromatic nitrogens is 2. The predicted molar refractivity (Wildman–Crippen MR) is 89.4 cm³/mol. The highest BCUT2D eigenvalue weighted by molar-refractivity contribution is 5.79. The minimum absolute atomic E-state index is 0.310. The highest BCUT2D eigenvalue weighted by Crippen LogP contribution is 2.19. The van der Waals surface area contributed by atoms with Gasteiger partial charge in [0.1, 0.15) is 5.78 Å². The van der Waals surface area contributed by atoms with Crippen LogP contribution in [-0.4, -0.2) is 15.8 Å². The smallest absolute Gasteiger partial charge is 0.205 e. The highest BCUT2D eigenvalue weighted by atomic mass is 16.1. The van der Waals surface area contributed by atoms with Crippen molar-refractivity contribution >= 4 is 28.5 Å². The number of imidazole rings is 1. The monoisotopic (exact) mass is 293 g/mol. The fourth-order valence-corrected chi connectivity index (χ4v) is 2.36. The molecule has 2 N–H and O–H groups in total. The maximum atomic E-state index is 11.4. The summed E-state index contributed by atoms with van der Waals surface area (Å²) in [5.41, 5.74) is 4.11. The van der Waals surface area contributed by atoms with Gasteiger partial charge in [0.2, 0.25) is 5.95 Å². The molecule has 1 heterocycles. The number of hydrogen-bond donors (Lipinski definition) is 2. The summed E-state index contributed by atoms with van der Waals surface area (Å²) < 4.78 is 0. The first kappa shape index (κ1) is 14.3. The first-order chi connectivity index (χ1) is 10.7. The van der Waals surface area contributed by atoms with E-state index in [-0.39, 0.29) is 0 Å². The number of para-hydroxylation sites is 2. The van der Waals surface area contributed by atoms with Gasteiger partial charge < -0.3 is 10.3 Å². The molecule has 0 fully saturated rings. The number of H-pyrrole nitrogens is 1. The molecule has 0 spiro atoms. The molecule has 3 aromatic rings. The number of fused-ring (bicyclic) bond motifs is 1. The molecule has 0 aliphatic heterocycles. The number of carbonyl (C=O) groups excluding carboxylic acids is 1. The largest absolute Gasteiger partial charge is 0.326 e. The highest BCUT2D eigenvalue weighted by Gasteiger charge is 2.03. The number of rotatable bonds is 6. The average Bonchev–Trinajstić information content (AvgIpc) is 2.96. The van der Waals surface area contributed by atoms with Crippen LogP contribution < -0.4 is 5.32 Å². The number of Topliss-reactive ketones (excluding diaryl/α,β-unsaturated/α-hetero) is 1. The molecule has 0 aliphatic carbocycles. The Labute approximate surface area is 129 Å². The van der Waals surface area contributed by atoms with E-state index in [4.69, 9.17) is 0 Å². The third-order valence-corrected chi connectivity index (χ3v) is 3.69. The summed E-state index contributed by atoms with van der Waals surface area (Å²) in [5, 5.41) is 3.26. The quantitative estimate of drug-likeness (QED) is 0.715. The standard InChI is InChI=1S/C18H19N3O/c1-2-15(22)12-9-13-7-10-14(11-8-13)19-18-20-16-5-3-4-6-17(16)21-18/h3-8,10-11H,2,9,12H2,1H3,(H2,19,20,21). The normalized spacial score (nSPS) is 10.8. The van der Waals surface area contributed by atoms with E-state index in [9.17, 15) is 4.79 Å². The Hall–Kier alpha value is -2.62. The van der Waals surface area contributed by atoms with Gasteiger partial charge in [0.15, 0.2) is 0 Å². The van der Waals surface area contributed by atoms with Crippen LogP contribution in [-0.2, 0) is 11.2 Å². The molecular weight excluding hydrogens is 274 g/mol. The van der Waals surface area contributed by atoms with Gasteiger partial charge in [-0.2, -0.15) is 0 Å². The van der Waals surface area contributed by atoms with E-state index < -0.39 is 0 Å². The van der Waals surface area contributed by atoms with Gasteiger partial charge in [-0.25, -0.2) is 4.98 Å². The number of nitrogens with one attached hydrogen (secondary N) is 2. The molecule has 0 atom stereocenters. The summed E-state index contributed by atoms with van der Waals surface area (Å²) >= 11 is 0. The van der Waals surface area contributed by atoms with Crippen molar-refractivity contribution in [2.75, 3.05) is 5.32 Å². The van der Waals surface area contributed by atoms with Crippen molar-refractivity contribution in [1.29, 1.82) is 0 Å². The summed E-state index contributed by atoms with van der Waals surface area (Å²) in [6, 6.07) is 16.1. The van der Waals surface area contributed by atoms with Crippen LogP contribution >= 0.6 is 0 Å². The van der Waals surface area contributed by atoms with E-state index in [1.165, 1.54) is 5.56 Å². The molecule has 4 heteroatoms. The van der Waals surface area contributed by atoms with Crippen LogP contribution in [0.2, 0.25) is 0 Å². The minimum Gasteiger partial charge on any atom is -0.326 e. The zero-order valence-electron chi connectivity index (χ0n) is 12.6. The van der Waals surface area contributed by atoms with Gasteiger partial charge in [-0.3, -0.25) is 4.79 Å². The first-order valence-corrected chi connectivity index (χ1v) is 7.57. The van der Waals surface area contributed by atoms with E-state index in [1.807, 2.05) is 55.5 Å². The van der Waals surface area contributed by atoms with Gasteiger partial charge in [0.25, 0.3) is 0 Å². The SMILES string of the molecule is CCC(=O)CCc1ccc(Nc2nc3ccccc3[nH]2)cc1. The summed E-state index contributed by atoms with van der Waals surface area (Å²) in [5.74, 6) is 1.04. The van der Waals surface area contributed by atoms with E-state index in [0.717, 1.165) is 29.1 Å². The van der Waals surface area contributed by atoms with Crippen LogP contribution in [0.1, 0.15) is 25.3 Å². The lowest BCUT2D eigenvalue weighted by Crippen LogP contribution is -1.98. The van der Waals surface area contributed by atoms with Gasteiger partial charge in [0, 0.05) is 18.5 Å². The van der Waals surface area contributed by atoms with Gasteiger partial charge in [-0.05, 0) is 36.2 Å². The Morgan fingerprint density at radius 2 is 1.91 bits per heavy atom. The second-order valence-corrected chi connectivity index (χ2v) is 5.32. The lowest BCUT2D eigenvalue weighted by Gasteiger charge is -2.05. The summed E-state index contributed by atoms with van der Waals surface area (Å²) in [4.78, 5) is 19.1. The molecule has 2 aromatic carbocycles. The van der Waals surface area contributed by atoms with Crippen LogP contribution in [0.4, 0.5) is 11.6 Å². The number of aromatic amines is 1. The van der Waals surface area contributed by atoms with Crippen LogP contribution in [0.3, 0.4) is 0 Å². The van der Waals surface area contributed by atoms with Crippen LogP contribution in [0, 0.1) is 0 Å². The van der Waals surface area contributed by atoms with Crippen LogP contribution in [0.25, 0.3) is 11.0 Å². The second-order valence-electron chi connectivity index (χ2n) is 5.32. The number of ketones is 1. The number of benzene rings is 2. The lowest BCUT2D eigenvalue weighted by molar-refractivity contribution is -0.118. The maximum absolute atomic E-state index is 11.4. The van der Waals surface area contributed by atoms with Crippen molar-refractivity contribution in [3.05, 3.63) is 54.1 Å². The molecule has 0 bridgehead atoms. The Morgan fingerprint density at radius 3 is 2.64 bits per heavy atom. The third kappa shape index (κ3) is 3.34. The third-order valence-electron chi connectivity index (χ3n) is 3.69. The number of nitrogens with zero attached hydrogens (tertiary/aromatic N) is 1. The van der Waals surface area contributed by atoms with E-state index in [1.54, 1.807) is 0 Å². The van der Waals surface area contributed by atoms with Crippen LogP contribution in [0.15, 0.2) is 48.5 Å². The fourth-order valence-electron chi connectivity index (χ4n) is 2.36. The fraction of sp³-hybridized carbons (Fsp3) is 0.222. The number of anilines is 2. The Balaban J connectivity index is 1.66. The lowest BCUT2D eigenvalue weighted by atomic mass is 10.1. The van der Waals surface area contributed by atoms with Crippen molar-refractivity contribution < 1.29 is 4.79 Å². The van der Waals surface area contributed by atoms with Crippen molar-refractivity contribution in [3.63, 3.8) is 0 Å². The van der Waals surface area contributed by atoms with Crippen LogP contribution in [0.5, 0.6) is 0 Å². The number of hydrogen-bond acceptors (Lipinski definition) is 3. The molecular formula is C18H19N3O. The molecule has 22 heavy (non-hydrogen) atoms. The average molecular weight is 293 g/mol.